The first-order chi connectivity index (χ1) is 11.8. The van der Waals surface area contributed by atoms with Crippen molar-refractivity contribution in [1.29, 1.82) is 0 Å². The zero-order valence-corrected chi connectivity index (χ0v) is 15.2. The van der Waals surface area contributed by atoms with E-state index in [-0.39, 0.29) is 0 Å². The predicted octanol–water partition coefficient (Wildman–Crippen LogP) is 2.39. The number of nitrogens with zero attached hydrogens (tertiary/aromatic N) is 4. The van der Waals surface area contributed by atoms with Gasteiger partial charge in [-0.15, -0.1) is 11.3 Å². The van der Waals surface area contributed by atoms with Crippen molar-refractivity contribution in [3.8, 4) is 0 Å². The topological polar surface area (TPSA) is 43.8 Å². The Hall–Kier alpha value is -2.08. The third-order valence-electron chi connectivity index (χ3n) is 4.28. The molecule has 0 spiro atoms. The summed E-state index contributed by atoms with van der Waals surface area (Å²) in [4.78, 5) is 13.6. The normalized spacial score (nSPS) is 15.7. The molecule has 0 bridgehead atoms. The molecule has 1 N–H and O–H groups in total. The number of rotatable bonds is 4. The number of guanidine groups is 1. The Morgan fingerprint density at radius 2 is 2.08 bits per heavy atom. The lowest BCUT2D eigenvalue weighted by atomic mass is 10.2. The van der Waals surface area contributed by atoms with Gasteiger partial charge in [-0.2, -0.15) is 0 Å². The molecule has 6 heteroatoms. The predicted molar refractivity (Wildman–Crippen MR) is 102 cm³/mol. The zero-order valence-electron chi connectivity index (χ0n) is 14.4. The molecule has 128 valence electrons. The molecule has 3 heterocycles. The first kappa shape index (κ1) is 16.8. The van der Waals surface area contributed by atoms with E-state index in [1.807, 2.05) is 31.5 Å². The van der Waals surface area contributed by atoms with Gasteiger partial charge < -0.3 is 15.1 Å². The Balaban J connectivity index is 1.46. The number of hydrogen-bond donors (Lipinski definition) is 1. The van der Waals surface area contributed by atoms with E-state index in [0.717, 1.165) is 50.8 Å². The number of pyridine rings is 1. The highest BCUT2D eigenvalue weighted by Gasteiger charge is 2.19. The molecule has 0 atom stereocenters. The van der Waals surface area contributed by atoms with Crippen molar-refractivity contribution in [2.45, 2.75) is 13.3 Å². The molecule has 0 amide bonds. The molecule has 1 aliphatic heterocycles. The fourth-order valence-electron chi connectivity index (χ4n) is 2.89. The summed E-state index contributed by atoms with van der Waals surface area (Å²) in [5.74, 6) is 1.00. The van der Waals surface area contributed by atoms with E-state index >= 15 is 0 Å². The molecule has 1 aliphatic rings. The number of thiophene rings is 1. The fourth-order valence-corrected chi connectivity index (χ4v) is 3.67. The van der Waals surface area contributed by atoms with Gasteiger partial charge in [-0.05, 0) is 42.5 Å². The molecule has 0 aromatic carbocycles. The number of aromatic nitrogens is 1. The standard InChI is InChI=1S/C18H25N5S/c1-15-5-6-16(14-21-15)7-8-20-18(19-2)23-11-9-22(10-12-23)17-4-3-13-24-17/h3-6,13-14H,7-12H2,1-2H3,(H,19,20). The summed E-state index contributed by atoms with van der Waals surface area (Å²) in [6, 6.07) is 8.52. The maximum Gasteiger partial charge on any atom is 0.193 e. The van der Waals surface area contributed by atoms with Crippen molar-refractivity contribution in [2.75, 3.05) is 44.7 Å². The third kappa shape index (κ3) is 4.26. The molecule has 2 aromatic rings. The Kier molecular flexibility index (Phi) is 5.69. The first-order valence-electron chi connectivity index (χ1n) is 8.42. The number of aryl methyl sites for hydroxylation is 1. The summed E-state index contributed by atoms with van der Waals surface area (Å²) in [6.07, 6.45) is 2.92. The van der Waals surface area contributed by atoms with Crippen LogP contribution in [0.2, 0.25) is 0 Å². The average molecular weight is 344 g/mol. The third-order valence-corrected chi connectivity index (χ3v) is 5.21. The van der Waals surface area contributed by atoms with E-state index in [0.29, 0.717) is 0 Å². The number of anilines is 1. The molecule has 0 saturated carbocycles. The summed E-state index contributed by atoms with van der Waals surface area (Å²) >= 11 is 1.81. The van der Waals surface area contributed by atoms with Gasteiger partial charge in [0.1, 0.15) is 0 Å². The van der Waals surface area contributed by atoms with E-state index in [1.54, 1.807) is 0 Å². The van der Waals surface area contributed by atoms with Crippen LogP contribution in [-0.2, 0) is 6.42 Å². The van der Waals surface area contributed by atoms with Crippen molar-refractivity contribution >= 4 is 22.3 Å². The van der Waals surface area contributed by atoms with Crippen LogP contribution in [0.15, 0.2) is 40.8 Å². The quantitative estimate of drug-likeness (QED) is 0.684. The largest absolute Gasteiger partial charge is 0.360 e. The van der Waals surface area contributed by atoms with Crippen LogP contribution in [0, 0.1) is 6.92 Å². The molecule has 1 saturated heterocycles. The molecule has 2 aromatic heterocycles. The lowest BCUT2D eigenvalue weighted by Crippen LogP contribution is -2.52. The second-order valence-corrected chi connectivity index (χ2v) is 6.88. The summed E-state index contributed by atoms with van der Waals surface area (Å²) in [7, 11) is 1.86. The van der Waals surface area contributed by atoms with E-state index in [9.17, 15) is 0 Å². The number of nitrogens with one attached hydrogen (secondary N) is 1. The maximum atomic E-state index is 4.44. The van der Waals surface area contributed by atoms with Crippen molar-refractivity contribution in [1.82, 2.24) is 15.2 Å². The summed E-state index contributed by atoms with van der Waals surface area (Å²) in [5.41, 5.74) is 2.32. The highest BCUT2D eigenvalue weighted by molar-refractivity contribution is 7.14. The van der Waals surface area contributed by atoms with Crippen LogP contribution in [-0.4, -0.2) is 55.6 Å². The van der Waals surface area contributed by atoms with E-state index in [2.05, 4.69) is 54.7 Å². The van der Waals surface area contributed by atoms with E-state index in [4.69, 9.17) is 0 Å². The van der Waals surface area contributed by atoms with Gasteiger partial charge in [-0.25, -0.2) is 0 Å². The monoisotopic (exact) mass is 343 g/mol. The minimum absolute atomic E-state index is 0.878. The highest BCUT2D eigenvalue weighted by atomic mass is 32.1. The molecule has 1 fully saturated rings. The molecule has 3 rings (SSSR count). The minimum Gasteiger partial charge on any atom is -0.360 e. The Labute approximate surface area is 148 Å². The second kappa shape index (κ2) is 8.15. The van der Waals surface area contributed by atoms with E-state index in [1.165, 1.54) is 10.6 Å². The molecule has 5 nitrogen and oxygen atoms in total. The number of hydrogen-bond acceptors (Lipinski definition) is 4. The highest BCUT2D eigenvalue weighted by Crippen LogP contribution is 2.22. The average Bonchev–Trinajstić information content (AvgIpc) is 3.15. The van der Waals surface area contributed by atoms with Gasteiger partial charge in [0.15, 0.2) is 5.96 Å². The van der Waals surface area contributed by atoms with Crippen LogP contribution >= 0.6 is 11.3 Å². The first-order valence-corrected chi connectivity index (χ1v) is 9.30. The number of piperazine rings is 1. The maximum absolute atomic E-state index is 4.44. The summed E-state index contributed by atoms with van der Waals surface area (Å²) in [6.45, 7) is 6.99. The van der Waals surface area contributed by atoms with Crippen LogP contribution < -0.4 is 10.2 Å². The lowest BCUT2D eigenvalue weighted by Gasteiger charge is -2.37. The van der Waals surface area contributed by atoms with Crippen LogP contribution in [0.25, 0.3) is 0 Å². The van der Waals surface area contributed by atoms with Gasteiger partial charge in [0.25, 0.3) is 0 Å². The van der Waals surface area contributed by atoms with E-state index < -0.39 is 0 Å². The second-order valence-electron chi connectivity index (χ2n) is 5.96. The Bertz CT molecular complexity index is 643. The van der Waals surface area contributed by atoms with Crippen LogP contribution in [0.4, 0.5) is 5.00 Å². The molecule has 0 radical (unpaired) electrons. The summed E-state index contributed by atoms with van der Waals surface area (Å²) in [5, 5.41) is 6.99. The zero-order chi connectivity index (χ0) is 16.8. The number of aliphatic imine (C=N–C) groups is 1. The van der Waals surface area contributed by atoms with Crippen molar-refractivity contribution in [3.05, 3.63) is 47.1 Å². The Morgan fingerprint density at radius 1 is 1.25 bits per heavy atom. The molecule has 0 unspecified atom stereocenters. The van der Waals surface area contributed by atoms with Crippen molar-refractivity contribution in [3.63, 3.8) is 0 Å². The molecule has 0 aliphatic carbocycles. The van der Waals surface area contributed by atoms with Gasteiger partial charge in [-0.1, -0.05) is 6.07 Å². The van der Waals surface area contributed by atoms with Gasteiger partial charge in [0.2, 0.25) is 0 Å². The van der Waals surface area contributed by atoms with Crippen molar-refractivity contribution < 1.29 is 0 Å². The van der Waals surface area contributed by atoms with Gasteiger partial charge in [-0.3, -0.25) is 9.98 Å². The van der Waals surface area contributed by atoms with Crippen LogP contribution in [0.3, 0.4) is 0 Å². The summed E-state index contributed by atoms with van der Waals surface area (Å²) < 4.78 is 0. The molecular weight excluding hydrogens is 318 g/mol. The molecule has 24 heavy (non-hydrogen) atoms. The van der Waals surface area contributed by atoms with Crippen molar-refractivity contribution in [2.24, 2.45) is 4.99 Å². The SMILES string of the molecule is CN=C(NCCc1ccc(C)nc1)N1CCN(c2cccs2)CC1. The van der Waals surface area contributed by atoms with Crippen LogP contribution in [0.1, 0.15) is 11.3 Å². The van der Waals surface area contributed by atoms with Gasteiger partial charge in [0.05, 0.1) is 5.00 Å². The Morgan fingerprint density at radius 3 is 2.71 bits per heavy atom. The minimum atomic E-state index is 0.878. The van der Waals surface area contributed by atoms with Gasteiger partial charge >= 0.3 is 0 Å². The van der Waals surface area contributed by atoms with Gasteiger partial charge in [0, 0.05) is 51.7 Å². The smallest absolute Gasteiger partial charge is 0.193 e. The molecular formula is C18H25N5S. The fraction of sp³-hybridized carbons (Fsp3) is 0.444. The lowest BCUT2D eigenvalue weighted by molar-refractivity contribution is 0.374. The van der Waals surface area contributed by atoms with Crippen LogP contribution in [0.5, 0.6) is 0 Å².